The van der Waals surface area contributed by atoms with E-state index < -0.39 is 0 Å². The molecule has 0 aromatic carbocycles. The second-order valence-corrected chi connectivity index (χ2v) is 5.03. The van der Waals surface area contributed by atoms with Gasteiger partial charge in [-0.15, -0.1) is 0 Å². The Morgan fingerprint density at radius 2 is 2.06 bits per heavy atom. The van der Waals surface area contributed by atoms with Gasteiger partial charge in [0.25, 0.3) is 0 Å². The third kappa shape index (κ3) is 3.84. The molecular weight excluding hydrogens is 230 g/mol. The van der Waals surface area contributed by atoms with Gasteiger partial charge in [0, 0.05) is 18.3 Å². The van der Waals surface area contributed by atoms with Crippen LogP contribution in [-0.2, 0) is 0 Å². The summed E-state index contributed by atoms with van der Waals surface area (Å²) >= 11 is 0. The van der Waals surface area contributed by atoms with Gasteiger partial charge in [-0.05, 0) is 39.5 Å². The molecule has 18 heavy (non-hydrogen) atoms. The molecule has 0 bridgehead atoms. The zero-order chi connectivity index (χ0) is 13.0. The van der Waals surface area contributed by atoms with Crippen molar-refractivity contribution < 1.29 is 9.84 Å². The van der Waals surface area contributed by atoms with Crippen LogP contribution in [0.15, 0.2) is 12.3 Å². The summed E-state index contributed by atoms with van der Waals surface area (Å²) in [6, 6.07) is 2.11. The molecule has 0 saturated heterocycles. The Balaban J connectivity index is 1.92. The summed E-state index contributed by atoms with van der Waals surface area (Å²) in [6.45, 7) is 3.94. The Morgan fingerprint density at radius 1 is 1.33 bits per heavy atom. The van der Waals surface area contributed by atoms with E-state index in [0.29, 0.717) is 17.9 Å². The number of rotatable bonds is 4. The van der Waals surface area contributed by atoms with Crippen LogP contribution in [0.1, 0.15) is 39.5 Å². The third-order valence-electron chi connectivity index (χ3n) is 3.02. The van der Waals surface area contributed by atoms with Gasteiger partial charge in [-0.25, -0.2) is 4.98 Å². The van der Waals surface area contributed by atoms with Crippen molar-refractivity contribution in [3.05, 3.63) is 12.3 Å². The highest BCUT2D eigenvalue weighted by atomic mass is 16.5. The normalized spacial score (nSPS) is 24.0. The first-order valence-electron chi connectivity index (χ1n) is 6.58. The van der Waals surface area contributed by atoms with E-state index in [2.05, 4.69) is 15.3 Å². The van der Waals surface area contributed by atoms with Crippen molar-refractivity contribution in [2.24, 2.45) is 0 Å². The van der Waals surface area contributed by atoms with Gasteiger partial charge < -0.3 is 15.2 Å². The molecule has 1 aliphatic rings. The van der Waals surface area contributed by atoms with Gasteiger partial charge in [0.15, 0.2) is 0 Å². The summed E-state index contributed by atoms with van der Waals surface area (Å²) in [6.07, 6.45) is 5.28. The molecule has 0 spiro atoms. The zero-order valence-electron chi connectivity index (χ0n) is 11.0. The molecule has 2 N–H and O–H groups in total. The van der Waals surface area contributed by atoms with Crippen LogP contribution in [0.2, 0.25) is 0 Å². The Morgan fingerprint density at radius 3 is 2.72 bits per heavy atom. The van der Waals surface area contributed by atoms with E-state index in [-0.39, 0.29) is 12.2 Å². The van der Waals surface area contributed by atoms with Gasteiger partial charge in [0.05, 0.1) is 12.2 Å². The molecule has 0 radical (unpaired) electrons. The highest BCUT2D eigenvalue weighted by molar-refractivity contribution is 5.29. The van der Waals surface area contributed by atoms with Crippen molar-refractivity contribution >= 4 is 5.95 Å². The van der Waals surface area contributed by atoms with Crippen molar-refractivity contribution in [3.63, 3.8) is 0 Å². The highest BCUT2D eigenvalue weighted by Crippen LogP contribution is 2.21. The quantitative estimate of drug-likeness (QED) is 0.856. The predicted octanol–water partition coefficient (Wildman–Crippen LogP) is 1.98. The lowest BCUT2D eigenvalue weighted by molar-refractivity contribution is 0.126. The minimum absolute atomic E-state index is 0.109. The second-order valence-electron chi connectivity index (χ2n) is 5.03. The van der Waals surface area contributed by atoms with Gasteiger partial charge in [-0.3, -0.25) is 0 Å². The van der Waals surface area contributed by atoms with E-state index in [9.17, 15) is 5.11 Å². The maximum Gasteiger partial charge on any atom is 0.226 e. The first kappa shape index (κ1) is 13.1. The van der Waals surface area contributed by atoms with Gasteiger partial charge in [0.2, 0.25) is 11.8 Å². The van der Waals surface area contributed by atoms with E-state index in [1.54, 1.807) is 12.3 Å². The van der Waals surface area contributed by atoms with Crippen LogP contribution in [0.3, 0.4) is 0 Å². The molecule has 0 atom stereocenters. The Kier molecular flexibility index (Phi) is 4.36. The van der Waals surface area contributed by atoms with Gasteiger partial charge in [-0.2, -0.15) is 4.98 Å². The van der Waals surface area contributed by atoms with Crippen LogP contribution in [-0.4, -0.2) is 33.3 Å². The minimum atomic E-state index is -0.139. The third-order valence-corrected chi connectivity index (χ3v) is 3.02. The summed E-state index contributed by atoms with van der Waals surface area (Å²) < 4.78 is 5.53. The number of hydrogen-bond acceptors (Lipinski definition) is 5. The van der Waals surface area contributed by atoms with Crippen LogP contribution in [0.25, 0.3) is 0 Å². The Labute approximate surface area is 108 Å². The average Bonchev–Trinajstić information content (AvgIpc) is 2.32. The molecule has 5 heteroatoms. The lowest BCUT2D eigenvalue weighted by Crippen LogP contribution is -2.29. The fraction of sp³-hybridized carbons (Fsp3) is 0.692. The van der Waals surface area contributed by atoms with E-state index in [1.807, 2.05) is 13.8 Å². The van der Waals surface area contributed by atoms with E-state index in [1.165, 1.54) is 0 Å². The molecule has 100 valence electrons. The van der Waals surface area contributed by atoms with Crippen LogP contribution in [0, 0.1) is 0 Å². The lowest BCUT2D eigenvalue weighted by atomic mass is 9.93. The lowest BCUT2D eigenvalue weighted by Gasteiger charge is -2.26. The Hall–Kier alpha value is -1.36. The summed E-state index contributed by atoms with van der Waals surface area (Å²) in [5.74, 6) is 1.20. The smallest absolute Gasteiger partial charge is 0.226 e. The minimum Gasteiger partial charge on any atom is -0.475 e. The molecule has 1 saturated carbocycles. The molecule has 1 aliphatic carbocycles. The van der Waals surface area contributed by atoms with Crippen molar-refractivity contribution in [2.45, 2.75) is 57.8 Å². The monoisotopic (exact) mass is 251 g/mol. The molecule has 0 aliphatic heterocycles. The van der Waals surface area contributed by atoms with E-state index >= 15 is 0 Å². The molecule has 0 unspecified atom stereocenters. The number of aliphatic hydroxyl groups is 1. The summed E-state index contributed by atoms with van der Waals surface area (Å²) in [7, 11) is 0. The summed E-state index contributed by atoms with van der Waals surface area (Å²) in [5, 5.41) is 12.8. The molecule has 1 aromatic rings. The van der Waals surface area contributed by atoms with Crippen molar-refractivity contribution in [1.29, 1.82) is 0 Å². The number of ether oxygens (including phenoxy) is 1. The molecule has 2 rings (SSSR count). The second kappa shape index (κ2) is 6.00. The number of aliphatic hydroxyl groups excluding tert-OH is 1. The van der Waals surface area contributed by atoms with E-state index in [0.717, 1.165) is 25.7 Å². The SMILES string of the molecule is CC(C)Oc1ccnc(NC2CCC(O)CC2)n1. The molecule has 1 aromatic heterocycles. The zero-order valence-corrected chi connectivity index (χ0v) is 11.0. The van der Waals surface area contributed by atoms with Crippen molar-refractivity contribution in [1.82, 2.24) is 9.97 Å². The topological polar surface area (TPSA) is 67.3 Å². The maximum absolute atomic E-state index is 9.46. The van der Waals surface area contributed by atoms with Crippen LogP contribution >= 0.6 is 0 Å². The molecule has 1 heterocycles. The van der Waals surface area contributed by atoms with Crippen LogP contribution < -0.4 is 10.1 Å². The summed E-state index contributed by atoms with van der Waals surface area (Å²) in [5.41, 5.74) is 0. The molecule has 5 nitrogen and oxygen atoms in total. The number of hydrogen-bond donors (Lipinski definition) is 2. The first-order valence-corrected chi connectivity index (χ1v) is 6.58. The van der Waals surface area contributed by atoms with Gasteiger partial charge >= 0.3 is 0 Å². The van der Waals surface area contributed by atoms with Crippen LogP contribution in [0.5, 0.6) is 5.88 Å². The maximum atomic E-state index is 9.46. The van der Waals surface area contributed by atoms with E-state index in [4.69, 9.17) is 4.74 Å². The number of nitrogens with one attached hydrogen (secondary N) is 1. The number of nitrogens with zero attached hydrogens (tertiary/aromatic N) is 2. The fourth-order valence-electron chi connectivity index (χ4n) is 2.12. The molecule has 1 fully saturated rings. The standard InChI is InChI=1S/C13H21N3O2/c1-9(2)18-12-7-8-14-13(16-12)15-10-3-5-11(17)6-4-10/h7-11,17H,3-6H2,1-2H3,(H,14,15,16). The molecule has 0 amide bonds. The predicted molar refractivity (Wildman–Crippen MR) is 69.7 cm³/mol. The van der Waals surface area contributed by atoms with Crippen LogP contribution in [0.4, 0.5) is 5.95 Å². The largest absolute Gasteiger partial charge is 0.475 e. The summed E-state index contributed by atoms with van der Waals surface area (Å²) in [4.78, 5) is 8.51. The highest BCUT2D eigenvalue weighted by Gasteiger charge is 2.19. The Bertz CT molecular complexity index is 376. The molecular formula is C13H21N3O2. The van der Waals surface area contributed by atoms with Crippen molar-refractivity contribution in [3.8, 4) is 5.88 Å². The fourth-order valence-corrected chi connectivity index (χ4v) is 2.12. The van der Waals surface area contributed by atoms with Crippen molar-refractivity contribution in [2.75, 3.05) is 5.32 Å². The number of aromatic nitrogens is 2. The van der Waals surface area contributed by atoms with Gasteiger partial charge in [0.1, 0.15) is 0 Å². The average molecular weight is 251 g/mol. The van der Waals surface area contributed by atoms with Gasteiger partial charge in [-0.1, -0.05) is 0 Å². The first-order chi connectivity index (χ1) is 8.63. The number of anilines is 1.